The highest BCUT2D eigenvalue weighted by Gasteiger charge is 2.15. The Morgan fingerprint density at radius 1 is 1.04 bits per heavy atom. The fraction of sp³-hybridized carbons (Fsp3) is 0.105. The maximum absolute atomic E-state index is 12.5. The van der Waals surface area contributed by atoms with Gasteiger partial charge in [0, 0.05) is 11.9 Å². The average Bonchev–Trinajstić information content (AvgIpc) is 2.68. The van der Waals surface area contributed by atoms with Crippen LogP contribution in [0.2, 0.25) is 0 Å². The topological polar surface area (TPSA) is 101 Å². The minimum absolute atomic E-state index is 0.161. The molecule has 0 aliphatic rings. The largest absolute Gasteiger partial charge is 0.322 e. The number of benzene rings is 2. The van der Waals surface area contributed by atoms with Gasteiger partial charge in [-0.1, -0.05) is 31.2 Å². The molecule has 1 aromatic heterocycles. The van der Waals surface area contributed by atoms with Crippen molar-refractivity contribution in [2.75, 3.05) is 10.0 Å². The summed E-state index contributed by atoms with van der Waals surface area (Å²) in [6.07, 6.45) is 3.46. The number of rotatable bonds is 6. The third kappa shape index (κ3) is 4.48. The first-order valence-electron chi connectivity index (χ1n) is 8.28. The van der Waals surface area contributed by atoms with Crippen LogP contribution in [-0.4, -0.2) is 24.3 Å². The Bertz CT molecular complexity index is 1050. The number of anilines is 2. The highest BCUT2D eigenvalue weighted by molar-refractivity contribution is 7.92. The second kappa shape index (κ2) is 7.96. The van der Waals surface area contributed by atoms with Crippen LogP contribution in [0.3, 0.4) is 0 Å². The summed E-state index contributed by atoms with van der Waals surface area (Å²) < 4.78 is 27.4. The number of nitrogens with one attached hydrogen (secondary N) is 2. The fourth-order valence-electron chi connectivity index (χ4n) is 2.50. The van der Waals surface area contributed by atoms with Crippen LogP contribution in [0.1, 0.15) is 23.0 Å². The number of sulfonamides is 1. The number of amides is 1. The zero-order chi connectivity index (χ0) is 19.3. The van der Waals surface area contributed by atoms with Crippen molar-refractivity contribution in [1.82, 2.24) is 9.97 Å². The Morgan fingerprint density at radius 2 is 1.78 bits per heavy atom. The van der Waals surface area contributed by atoms with Crippen LogP contribution in [0.25, 0.3) is 0 Å². The molecule has 1 heterocycles. The van der Waals surface area contributed by atoms with E-state index in [2.05, 4.69) is 20.0 Å². The Labute approximate surface area is 157 Å². The van der Waals surface area contributed by atoms with Gasteiger partial charge in [-0.3, -0.25) is 9.52 Å². The molecule has 0 aliphatic heterocycles. The third-order valence-corrected chi connectivity index (χ3v) is 5.20. The molecule has 3 rings (SSSR count). The summed E-state index contributed by atoms with van der Waals surface area (Å²) in [5, 5.41) is 2.75. The minimum atomic E-state index is -3.70. The molecule has 0 aliphatic carbocycles. The molecular formula is C19H18N4O3S. The first-order chi connectivity index (χ1) is 13.0. The van der Waals surface area contributed by atoms with E-state index in [1.54, 1.807) is 42.5 Å². The first-order valence-corrected chi connectivity index (χ1v) is 9.76. The van der Waals surface area contributed by atoms with Gasteiger partial charge in [0.05, 0.1) is 21.8 Å². The SMILES string of the molecule is CCc1ncncc1C(=O)Nc1cccc(NS(=O)(=O)c2ccccc2)c1. The lowest BCUT2D eigenvalue weighted by Gasteiger charge is -2.11. The second-order valence-corrected chi connectivity index (χ2v) is 7.37. The van der Waals surface area contributed by atoms with Gasteiger partial charge in [-0.2, -0.15) is 0 Å². The van der Waals surface area contributed by atoms with Crippen LogP contribution >= 0.6 is 0 Å². The minimum Gasteiger partial charge on any atom is -0.322 e. The van der Waals surface area contributed by atoms with Crippen LogP contribution in [0.5, 0.6) is 0 Å². The van der Waals surface area contributed by atoms with Gasteiger partial charge in [-0.25, -0.2) is 18.4 Å². The van der Waals surface area contributed by atoms with Gasteiger partial charge < -0.3 is 5.32 Å². The van der Waals surface area contributed by atoms with E-state index in [0.29, 0.717) is 29.1 Å². The Hall–Kier alpha value is -3.26. The second-order valence-electron chi connectivity index (χ2n) is 5.69. The normalized spacial score (nSPS) is 11.0. The molecule has 0 radical (unpaired) electrons. The van der Waals surface area contributed by atoms with Gasteiger partial charge >= 0.3 is 0 Å². The quantitative estimate of drug-likeness (QED) is 0.682. The lowest BCUT2D eigenvalue weighted by molar-refractivity contribution is 0.102. The van der Waals surface area contributed by atoms with E-state index >= 15 is 0 Å². The molecule has 7 nitrogen and oxygen atoms in total. The van der Waals surface area contributed by atoms with Crippen LogP contribution < -0.4 is 10.0 Å². The smallest absolute Gasteiger partial charge is 0.261 e. The number of hydrogen-bond acceptors (Lipinski definition) is 5. The summed E-state index contributed by atoms with van der Waals surface area (Å²) >= 11 is 0. The predicted molar refractivity (Wildman–Crippen MR) is 103 cm³/mol. The average molecular weight is 382 g/mol. The van der Waals surface area contributed by atoms with Gasteiger partial charge in [0.2, 0.25) is 0 Å². The molecule has 0 atom stereocenters. The van der Waals surface area contributed by atoms with Gasteiger partial charge in [0.1, 0.15) is 6.33 Å². The van der Waals surface area contributed by atoms with Gasteiger partial charge in [-0.05, 0) is 36.8 Å². The zero-order valence-electron chi connectivity index (χ0n) is 14.6. The Balaban J connectivity index is 1.79. The fourth-order valence-corrected chi connectivity index (χ4v) is 3.57. The molecule has 0 spiro atoms. The summed E-state index contributed by atoms with van der Waals surface area (Å²) in [5.74, 6) is -0.351. The van der Waals surface area contributed by atoms with Gasteiger partial charge in [0.25, 0.3) is 15.9 Å². The maximum Gasteiger partial charge on any atom is 0.261 e. The van der Waals surface area contributed by atoms with Crippen molar-refractivity contribution in [1.29, 1.82) is 0 Å². The molecule has 2 aromatic carbocycles. The molecule has 2 N–H and O–H groups in total. The van der Waals surface area contributed by atoms with Gasteiger partial charge in [-0.15, -0.1) is 0 Å². The molecular weight excluding hydrogens is 364 g/mol. The summed E-state index contributed by atoms with van der Waals surface area (Å²) in [4.78, 5) is 20.6. The van der Waals surface area contributed by atoms with Crippen LogP contribution in [0.4, 0.5) is 11.4 Å². The van der Waals surface area contributed by atoms with Gasteiger partial charge in [0.15, 0.2) is 0 Å². The van der Waals surface area contributed by atoms with E-state index in [9.17, 15) is 13.2 Å². The van der Waals surface area contributed by atoms with Crippen molar-refractivity contribution in [3.8, 4) is 0 Å². The monoisotopic (exact) mass is 382 g/mol. The molecule has 1 amide bonds. The molecule has 3 aromatic rings. The highest BCUT2D eigenvalue weighted by atomic mass is 32.2. The maximum atomic E-state index is 12.5. The first kappa shape index (κ1) is 18.5. The van der Waals surface area contributed by atoms with E-state index < -0.39 is 10.0 Å². The number of hydrogen-bond donors (Lipinski definition) is 2. The van der Waals surface area contributed by atoms with Crippen molar-refractivity contribution in [2.45, 2.75) is 18.2 Å². The molecule has 0 unspecified atom stereocenters. The van der Waals surface area contributed by atoms with Crippen LogP contribution in [-0.2, 0) is 16.4 Å². The molecule has 0 bridgehead atoms. The Morgan fingerprint density at radius 3 is 2.52 bits per heavy atom. The molecule has 8 heteroatoms. The lowest BCUT2D eigenvalue weighted by atomic mass is 10.1. The number of carbonyl (C=O) groups is 1. The zero-order valence-corrected chi connectivity index (χ0v) is 15.4. The summed E-state index contributed by atoms with van der Waals surface area (Å²) in [6, 6.07) is 14.6. The number of carbonyl (C=O) groups excluding carboxylic acids is 1. The molecule has 0 saturated carbocycles. The molecule has 27 heavy (non-hydrogen) atoms. The standard InChI is InChI=1S/C19H18N4O3S/c1-2-18-17(12-20-13-21-18)19(24)22-14-7-6-8-15(11-14)23-27(25,26)16-9-4-3-5-10-16/h3-13,23H,2H2,1H3,(H,22,24). The summed E-state index contributed by atoms with van der Waals surface area (Å²) in [6.45, 7) is 1.90. The van der Waals surface area contributed by atoms with Crippen molar-refractivity contribution in [3.05, 3.63) is 78.4 Å². The van der Waals surface area contributed by atoms with Crippen molar-refractivity contribution in [2.24, 2.45) is 0 Å². The van der Waals surface area contributed by atoms with E-state index in [-0.39, 0.29) is 10.8 Å². The molecule has 138 valence electrons. The van der Waals surface area contributed by atoms with E-state index in [1.807, 2.05) is 6.92 Å². The summed E-state index contributed by atoms with van der Waals surface area (Å²) in [5.41, 5.74) is 1.83. The lowest BCUT2D eigenvalue weighted by Crippen LogP contribution is -2.16. The highest BCUT2D eigenvalue weighted by Crippen LogP contribution is 2.20. The van der Waals surface area contributed by atoms with Crippen molar-refractivity contribution in [3.63, 3.8) is 0 Å². The number of aromatic nitrogens is 2. The Kier molecular flexibility index (Phi) is 5.46. The number of nitrogens with zero attached hydrogens (tertiary/aromatic N) is 2. The summed E-state index contributed by atoms with van der Waals surface area (Å²) in [7, 11) is -3.70. The van der Waals surface area contributed by atoms with E-state index in [4.69, 9.17) is 0 Å². The van der Waals surface area contributed by atoms with E-state index in [0.717, 1.165) is 0 Å². The predicted octanol–water partition coefficient (Wildman–Crippen LogP) is 3.09. The van der Waals surface area contributed by atoms with Crippen molar-refractivity contribution < 1.29 is 13.2 Å². The van der Waals surface area contributed by atoms with Crippen LogP contribution in [0, 0.1) is 0 Å². The molecule has 0 fully saturated rings. The van der Waals surface area contributed by atoms with Crippen LogP contribution in [0.15, 0.2) is 72.0 Å². The molecule has 0 saturated heterocycles. The van der Waals surface area contributed by atoms with Crippen molar-refractivity contribution >= 4 is 27.3 Å². The van der Waals surface area contributed by atoms with E-state index in [1.165, 1.54) is 24.7 Å². The third-order valence-electron chi connectivity index (χ3n) is 3.80. The number of aryl methyl sites for hydroxylation is 1.